The van der Waals surface area contributed by atoms with E-state index in [9.17, 15) is 24.0 Å². The number of nitrogens with one attached hydrogen (secondary N) is 1. The highest BCUT2D eigenvalue weighted by atomic mass is 16.6. The van der Waals surface area contributed by atoms with Gasteiger partial charge in [0.15, 0.2) is 5.78 Å². The number of hydrogen-bond donors (Lipinski definition) is 1. The summed E-state index contributed by atoms with van der Waals surface area (Å²) in [7, 11) is 0. The average Bonchev–Trinajstić information content (AvgIpc) is 3.28. The molecule has 1 aliphatic rings. The van der Waals surface area contributed by atoms with Gasteiger partial charge < -0.3 is 19.7 Å². The van der Waals surface area contributed by atoms with Gasteiger partial charge in [0.1, 0.15) is 11.6 Å². The molecule has 0 bridgehead atoms. The minimum absolute atomic E-state index is 0.0659. The summed E-state index contributed by atoms with van der Waals surface area (Å²) in [4.78, 5) is 65.3. The number of hydrogen-bond acceptors (Lipinski definition) is 7. The summed E-state index contributed by atoms with van der Waals surface area (Å²) >= 11 is 0. The molecule has 38 heavy (non-hydrogen) atoms. The van der Waals surface area contributed by atoms with E-state index < -0.39 is 46.9 Å². The molecular formula is C29H50N2O7. The molecule has 1 aliphatic heterocycles. The van der Waals surface area contributed by atoms with Gasteiger partial charge in [0, 0.05) is 18.9 Å². The number of allylic oxidation sites excluding steroid dienone is 1. The highest BCUT2D eigenvalue weighted by molar-refractivity contribution is 6.34. The lowest BCUT2D eigenvalue weighted by molar-refractivity contribution is -0.156. The van der Waals surface area contributed by atoms with E-state index in [2.05, 4.69) is 25.7 Å². The highest BCUT2D eigenvalue weighted by Gasteiger charge is 2.43. The maximum atomic E-state index is 13.5. The monoisotopic (exact) mass is 538 g/mol. The zero-order chi connectivity index (χ0) is 29.7. The molecule has 218 valence electrons. The average molecular weight is 539 g/mol. The van der Waals surface area contributed by atoms with Crippen molar-refractivity contribution in [2.45, 2.75) is 119 Å². The topological polar surface area (TPSA) is 119 Å². The van der Waals surface area contributed by atoms with Crippen LogP contribution in [-0.4, -0.2) is 65.3 Å². The fraction of sp³-hybridized carbons (Fsp3) is 0.759. The van der Waals surface area contributed by atoms with Crippen LogP contribution in [0.3, 0.4) is 0 Å². The number of nitrogens with zero attached hydrogens (tertiary/aromatic N) is 1. The van der Waals surface area contributed by atoms with E-state index in [4.69, 9.17) is 9.47 Å². The van der Waals surface area contributed by atoms with Gasteiger partial charge in [0.05, 0.1) is 12.6 Å². The molecule has 1 heterocycles. The van der Waals surface area contributed by atoms with E-state index in [1.54, 1.807) is 33.8 Å². The number of likely N-dealkylation sites (tertiary alicyclic amines) is 1. The van der Waals surface area contributed by atoms with Gasteiger partial charge >= 0.3 is 12.1 Å². The Hall–Kier alpha value is -2.71. The van der Waals surface area contributed by atoms with E-state index in [-0.39, 0.29) is 24.7 Å². The van der Waals surface area contributed by atoms with E-state index in [0.717, 1.165) is 0 Å². The van der Waals surface area contributed by atoms with Crippen molar-refractivity contribution >= 4 is 29.5 Å². The van der Waals surface area contributed by atoms with Crippen LogP contribution in [0.5, 0.6) is 0 Å². The van der Waals surface area contributed by atoms with Gasteiger partial charge in [-0.15, -0.1) is 6.58 Å². The van der Waals surface area contributed by atoms with Crippen molar-refractivity contribution in [2.75, 3.05) is 13.2 Å². The number of ether oxygens (including phenoxy) is 2. The van der Waals surface area contributed by atoms with Gasteiger partial charge in [0.25, 0.3) is 0 Å². The smallest absolute Gasteiger partial charge is 0.408 e. The number of carbonyl (C=O) groups is 5. The van der Waals surface area contributed by atoms with Gasteiger partial charge in [-0.2, -0.15) is 0 Å². The summed E-state index contributed by atoms with van der Waals surface area (Å²) in [6, 6.07) is -1.64. The van der Waals surface area contributed by atoms with Crippen molar-refractivity contribution < 1.29 is 33.4 Å². The van der Waals surface area contributed by atoms with Crippen molar-refractivity contribution in [1.29, 1.82) is 0 Å². The summed E-state index contributed by atoms with van der Waals surface area (Å²) in [5.41, 5.74) is -1.37. The zero-order valence-electron chi connectivity index (χ0n) is 25.0. The molecule has 1 unspecified atom stereocenters. The predicted molar refractivity (Wildman–Crippen MR) is 147 cm³/mol. The minimum Gasteiger partial charge on any atom is -0.460 e. The Kier molecular flexibility index (Phi) is 15.1. The third kappa shape index (κ3) is 12.2. The number of Topliss-reactive ketones (excluding diaryl/α,β-unsaturated/α-hetero) is 2. The van der Waals surface area contributed by atoms with Crippen LogP contribution in [0.2, 0.25) is 0 Å². The first-order chi connectivity index (χ1) is 17.5. The first-order valence-corrected chi connectivity index (χ1v) is 13.7. The molecule has 9 nitrogen and oxygen atoms in total. The molecule has 3 atom stereocenters. The second kappa shape index (κ2) is 16.3. The van der Waals surface area contributed by atoms with Gasteiger partial charge in [-0.25, -0.2) is 9.59 Å². The maximum Gasteiger partial charge on any atom is 0.408 e. The Morgan fingerprint density at radius 1 is 1.05 bits per heavy atom. The molecule has 2 amide bonds. The van der Waals surface area contributed by atoms with Crippen LogP contribution in [0.1, 0.15) is 101 Å². The van der Waals surface area contributed by atoms with E-state index in [0.29, 0.717) is 32.2 Å². The summed E-state index contributed by atoms with van der Waals surface area (Å²) in [6.45, 7) is 20.6. The number of esters is 1. The SMILES string of the molecule is C=CCCC(CC(=O)[C@@H]1CCCN1C(=O)[C@@H](NC(=O)OC(C)(C)C)C(C)(C)C)C(=O)C(=O)OCC.CCC. The fourth-order valence-electron chi connectivity index (χ4n) is 4.00. The van der Waals surface area contributed by atoms with E-state index in [1.165, 1.54) is 11.3 Å². The van der Waals surface area contributed by atoms with Crippen LogP contribution in [0.4, 0.5) is 4.79 Å². The van der Waals surface area contributed by atoms with Crippen molar-refractivity contribution in [1.82, 2.24) is 10.2 Å². The van der Waals surface area contributed by atoms with Gasteiger partial charge in [0.2, 0.25) is 11.7 Å². The number of amides is 2. The standard InChI is InChI=1S/C26H42N2O7.C3H8/c1-9-11-13-17(20(30)23(32)34-10-2)16-19(29)18-14-12-15-28(18)22(31)21(25(3,4)5)27-24(33)35-26(6,7)8;1-3-2/h9,17-18,21H,1,10-16H2,2-8H3,(H,27,33);3H2,1-2H3/t17?,18-,21+;/m0./s1. The van der Waals surface area contributed by atoms with Crippen LogP contribution in [0, 0.1) is 11.3 Å². The normalized spacial score (nSPS) is 16.9. The summed E-state index contributed by atoms with van der Waals surface area (Å²) in [5, 5.41) is 2.68. The van der Waals surface area contributed by atoms with Crippen LogP contribution in [-0.2, 0) is 28.7 Å². The Balaban J connectivity index is 0.00000434. The molecule has 0 aromatic rings. The van der Waals surface area contributed by atoms with E-state index in [1.807, 2.05) is 20.8 Å². The Morgan fingerprint density at radius 2 is 1.63 bits per heavy atom. The van der Waals surface area contributed by atoms with Gasteiger partial charge in [-0.3, -0.25) is 14.4 Å². The second-order valence-electron chi connectivity index (χ2n) is 11.7. The van der Waals surface area contributed by atoms with Crippen LogP contribution in [0.15, 0.2) is 12.7 Å². The number of carbonyl (C=O) groups excluding carboxylic acids is 5. The summed E-state index contributed by atoms with van der Waals surface area (Å²) in [6.07, 6.45) is 3.82. The zero-order valence-corrected chi connectivity index (χ0v) is 25.0. The molecule has 0 spiro atoms. The molecule has 0 saturated carbocycles. The van der Waals surface area contributed by atoms with Crippen molar-refractivity contribution in [3.63, 3.8) is 0 Å². The van der Waals surface area contributed by atoms with Crippen molar-refractivity contribution in [3.05, 3.63) is 12.7 Å². The largest absolute Gasteiger partial charge is 0.460 e. The molecular weight excluding hydrogens is 488 g/mol. The molecule has 1 N–H and O–H groups in total. The Labute approximate surface area is 229 Å². The van der Waals surface area contributed by atoms with E-state index >= 15 is 0 Å². The molecule has 1 fully saturated rings. The molecule has 0 aliphatic carbocycles. The number of alkyl carbamates (subject to hydrolysis) is 1. The first kappa shape index (κ1) is 35.3. The lowest BCUT2D eigenvalue weighted by Crippen LogP contribution is -2.57. The molecule has 0 aromatic heterocycles. The van der Waals surface area contributed by atoms with Crippen LogP contribution in [0.25, 0.3) is 0 Å². The lowest BCUT2D eigenvalue weighted by atomic mass is 9.85. The second-order valence-corrected chi connectivity index (χ2v) is 11.7. The first-order valence-electron chi connectivity index (χ1n) is 13.7. The summed E-state index contributed by atoms with van der Waals surface area (Å²) < 4.78 is 10.2. The third-order valence-corrected chi connectivity index (χ3v) is 5.70. The van der Waals surface area contributed by atoms with Crippen molar-refractivity contribution in [3.8, 4) is 0 Å². The number of rotatable bonds is 11. The summed E-state index contributed by atoms with van der Waals surface area (Å²) in [5.74, 6) is -3.19. The van der Waals surface area contributed by atoms with Crippen LogP contribution < -0.4 is 5.32 Å². The van der Waals surface area contributed by atoms with Gasteiger partial charge in [-0.1, -0.05) is 47.1 Å². The predicted octanol–water partition coefficient (Wildman–Crippen LogP) is 5.01. The quantitative estimate of drug-likeness (QED) is 0.223. The fourth-order valence-corrected chi connectivity index (χ4v) is 4.00. The Morgan fingerprint density at radius 3 is 2.11 bits per heavy atom. The molecule has 1 saturated heterocycles. The van der Waals surface area contributed by atoms with Crippen LogP contribution >= 0.6 is 0 Å². The molecule has 9 heteroatoms. The molecule has 0 radical (unpaired) electrons. The van der Waals surface area contributed by atoms with Crippen molar-refractivity contribution in [2.24, 2.45) is 11.3 Å². The maximum absolute atomic E-state index is 13.5. The molecule has 1 rings (SSSR count). The Bertz CT molecular complexity index is 824. The third-order valence-electron chi connectivity index (χ3n) is 5.70. The van der Waals surface area contributed by atoms with Gasteiger partial charge in [-0.05, 0) is 58.8 Å². The number of ketones is 2. The highest BCUT2D eigenvalue weighted by Crippen LogP contribution is 2.28. The minimum atomic E-state index is -0.955. The molecule has 0 aromatic carbocycles. The lowest BCUT2D eigenvalue weighted by Gasteiger charge is -2.36.